The quantitative estimate of drug-likeness (QED) is 0.550. The van der Waals surface area contributed by atoms with Crippen molar-refractivity contribution >= 4 is 18.5 Å². The lowest BCUT2D eigenvalue weighted by atomic mass is 10.4. The second-order valence-electron chi connectivity index (χ2n) is 1.37. The summed E-state index contributed by atoms with van der Waals surface area (Å²) in [5.41, 5.74) is 6.11. The van der Waals surface area contributed by atoms with Gasteiger partial charge in [-0.25, -0.2) is 0 Å². The van der Waals surface area contributed by atoms with Crippen molar-refractivity contribution < 1.29 is 4.52 Å². The van der Waals surface area contributed by atoms with Crippen LogP contribution in [0.2, 0.25) is 0 Å². The Balaban J connectivity index is 2.92. The van der Waals surface area contributed by atoms with Crippen LogP contribution in [0.5, 0.6) is 0 Å². The zero-order chi connectivity index (χ0) is 5.98. The van der Waals surface area contributed by atoms with Crippen LogP contribution in [0.1, 0.15) is 5.56 Å². The van der Waals surface area contributed by atoms with Gasteiger partial charge in [-0.15, -0.1) is 0 Å². The molecule has 0 aliphatic rings. The van der Waals surface area contributed by atoms with Crippen LogP contribution < -0.4 is 5.73 Å². The highest BCUT2D eigenvalue weighted by atomic mass is 32.1. The molecule has 0 unspecified atom stereocenters. The van der Waals surface area contributed by atoms with Gasteiger partial charge in [0.05, 0.1) is 6.20 Å². The molecule has 1 aromatic rings. The minimum absolute atomic E-state index is 0.361. The van der Waals surface area contributed by atoms with Crippen molar-refractivity contribution in [1.29, 1.82) is 0 Å². The topological polar surface area (TPSA) is 52.0 Å². The highest BCUT2D eigenvalue weighted by Gasteiger charge is 1.98. The molecule has 0 saturated heterocycles. The molecule has 0 bridgehead atoms. The third-order valence-corrected chi connectivity index (χ3v) is 1.19. The molecule has 3 nitrogen and oxygen atoms in total. The van der Waals surface area contributed by atoms with E-state index in [1.165, 1.54) is 0 Å². The van der Waals surface area contributed by atoms with Crippen LogP contribution in [0, 0.1) is 0 Å². The second kappa shape index (κ2) is 2.09. The monoisotopic (exact) mass is 130 g/mol. The highest BCUT2D eigenvalue weighted by Crippen LogP contribution is 2.10. The van der Waals surface area contributed by atoms with Crippen LogP contribution in [0.25, 0.3) is 0 Å². The summed E-state index contributed by atoms with van der Waals surface area (Å²) in [6.45, 7) is 0. The van der Waals surface area contributed by atoms with Crippen molar-refractivity contribution in [3.05, 3.63) is 11.8 Å². The van der Waals surface area contributed by atoms with Gasteiger partial charge in [-0.05, 0) is 0 Å². The predicted molar refractivity (Wildman–Crippen MR) is 33.6 cm³/mol. The fourth-order valence-electron chi connectivity index (χ4n) is 0.388. The van der Waals surface area contributed by atoms with E-state index in [0.29, 0.717) is 11.6 Å². The van der Waals surface area contributed by atoms with Gasteiger partial charge < -0.3 is 10.3 Å². The van der Waals surface area contributed by atoms with E-state index in [9.17, 15) is 0 Å². The van der Waals surface area contributed by atoms with Gasteiger partial charge in [0.2, 0.25) is 5.88 Å². The maximum absolute atomic E-state index is 5.27. The third-order valence-electron chi connectivity index (χ3n) is 0.846. The molecule has 0 atom stereocenters. The molecular formula is C4H6N2OS. The summed E-state index contributed by atoms with van der Waals surface area (Å²) in [5, 5.41) is 3.44. The number of aromatic nitrogens is 1. The number of anilines is 1. The SMILES string of the molecule is Nc1oncc1CS. The second-order valence-corrected chi connectivity index (χ2v) is 1.69. The van der Waals surface area contributed by atoms with Gasteiger partial charge in [0, 0.05) is 11.3 Å². The summed E-state index contributed by atoms with van der Waals surface area (Å²) in [4.78, 5) is 0. The van der Waals surface area contributed by atoms with Crippen molar-refractivity contribution in [3.63, 3.8) is 0 Å². The molecule has 1 rings (SSSR count). The lowest BCUT2D eigenvalue weighted by Crippen LogP contribution is -1.84. The molecule has 0 fully saturated rings. The number of rotatable bonds is 1. The molecule has 0 aliphatic carbocycles. The minimum atomic E-state index is 0.361. The molecule has 0 spiro atoms. The van der Waals surface area contributed by atoms with Gasteiger partial charge in [0.25, 0.3) is 0 Å². The van der Waals surface area contributed by atoms with Crippen LogP contribution in [0.4, 0.5) is 5.88 Å². The van der Waals surface area contributed by atoms with Crippen LogP contribution >= 0.6 is 12.6 Å². The molecular weight excluding hydrogens is 124 g/mol. The van der Waals surface area contributed by atoms with Gasteiger partial charge in [-0.1, -0.05) is 5.16 Å². The van der Waals surface area contributed by atoms with E-state index in [-0.39, 0.29) is 0 Å². The van der Waals surface area contributed by atoms with E-state index in [4.69, 9.17) is 5.73 Å². The molecule has 4 heteroatoms. The molecule has 44 valence electrons. The maximum atomic E-state index is 5.27. The highest BCUT2D eigenvalue weighted by molar-refractivity contribution is 7.79. The number of hydrogen-bond donors (Lipinski definition) is 2. The van der Waals surface area contributed by atoms with E-state index >= 15 is 0 Å². The average Bonchev–Trinajstić information content (AvgIpc) is 2.14. The van der Waals surface area contributed by atoms with E-state index in [1.807, 2.05) is 0 Å². The van der Waals surface area contributed by atoms with Gasteiger partial charge in [0.15, 0.2) is 0 Å². The largest absolute Gasteiger partial charge is 0.367 e. The Morgan fingerprint density at radius 3 is 2.88 bits per heavy atom. The van der Waals surface area contributed by atoms with Gasteiger partial charge in [-0.2, -0.15) is 12.6 Å². The summed E-state index contributed by atoms with van der Waals surface area (Å²) in [7, 11) is 0. The zero-order valence-electron chi connectivity index (χ0n) is 4.16. The van der Waals surface area contributed by atoms with E-state index in [1.54, 1.807) is 6.20 Å². The summed E-state index contributed by atoms with van der Waals surface area (Å²) < 4.78 is 4.53. The van der Waals surface area contributed by atoms with Crippen LogP contribution in [-0.4, -0.2) is 5.16 Å². The van der Waals surface area contributed by atoms with Crippen molar-refractivity contribution in [2.45, 2.75) is 5.75 Å². The molecule has 0 radical (unpaired) electrons. The van der Waals surface area contributed by atoms with Gasteiger partial charge >= 0.3 is 0 Å². The fourth-order valence-corrected chi connectivity index (χ4v) is 0.625. The summed E-state index contributed by atoms with van der Waals surface area (Å²) >= 11 is 3.97. The zero-order valence-corrected chi connectivity index (χ0v) is 5.06. The molecule has 2 N–H and O–H groups in total. The van der Waals surface area contributed by atoms with Gasteiger partial charge in [0.1, 0.15) is 0 Å². The molecule has 0 amide bonds. The maximum Gasteiger partial charge on any atom is 0.226 e. The first-order valence-electron chi connectivity index (χ1n) is 2.14. The fraction of sp³-hybridized carbons (Fsp3) is 0.250. The lowest BCUT2D eigenvalue weighted by molar-refractivity contribution is 0.436. The Morgan fingerprint density at radius 2 is 2.62 bits per heavy atom. The normalized spacial score (nSPS) is 9.62. The Labute approximate surface area is 52.3 Å². The number of nitrogens with two attached hydrogens (primary N) is 1. The molecule has 0 aliphatic heterocycles. The van der Waals surface area contributed by atoms with Crippen LogP contribution in [0.15, 0.2) is 10.7 Å². The molecule has 0 aromatic carbocycles. The Bertz CT molecular complexity index is 174. The number of hydrogen-bond acceptors (Lipinski definition) is 4. The minimum Gasteiger partial charge on any atom is -0.367 e. The standard InChI is InChI=1S/C4H6N2OS/c5-4-3(2-8)1-6-7-4/h1,8H,2,5H2. The summed E-state index contributed by atoms with van der Waals surface area (Å²) in [6, 6.07) is 0. The average molecular weight is 130 g/mol. The predicted octanol–water partition coefficient (Wildman–Crippen LogP) is 0.687. The number of nitrogens with zero attached hydrogens (tertiary/aromatic N) is 1. The van der Waals surface area contributed by atoms with E-state index in [0.717, 1.165) is 5.56 Å². The summed E-state index contributed by atoms with van der Waals surface area (Å²) in [5.74, 6) is 0.940. The summed E-state index contributed by atoms with van der Waals surface area (Å²) in [6.07, 6.45) is 1.56. The van der Waals surface area contributed by atoms with E-state index in [2.05, 4.69) is 22.3 Å². The first kappa shape index (κ1) is 5.50. The van der Waals surface area contributed by atoms with Crippen molar-refractivity contribution in [2.24, 2.45) is 0 Å². The first-order chi connectivity index (χ1) is 3.84. The molecule has 1 heterocycles. The van der Waals surface area contributed by atoms with Crippen molar-refractivity contribution in [3.8, 4) is 0 Å². The van der Waals surface area contributed by atoms with Crippen molar-refractivity contribution in [1.82, 2.24) is 5.16 Å². The van der Waals surface area contributed by atoms with Crippen LogP contribution in [0.3, 0.4) is 0 Å². The first-order valence-corrected chi connectivity index (χ1v) is 2.77. The Morgan fingerprint density at radius 1 is 1.88 bits per heavy atom. The molecule has 8 heavy (non-hydrogen) atoms. The lowest BCUT2D eigenvalue weighted by Gasteiger charge is -1.83. The Hall–Kier alpha value is -0.640. The number of thiol groups is 1. The third kappa shape index (κ3) is 0.790. The van der Waals surface area contributed by atoms with Crippen LogP contribution in [-0.2, 0) is 5.75 Å². The smallest absolute Gasteiger partial charge is 0.226 e. The number of nitrogen functional groups attached to an aromatic ring is 1. The Kier molecular flexibility index (Phi) is 1.43. The molecule has 1 aromatic heterocycles. The van der Waals surface area contributed by atoms with Gasteiger partial charge in [-0.3, -0.25) is 0 Å². The van der Waals surface area contributed by atoms with Crippen molar-refractivity contribution in [2.75, 3.05) is 5.73 Å². The molecule has 0 saturated carbocycles. The van der Waals surface area contributed by atoms with E-state index < -0.39 is 0 Å².